The molecular formula is C16H16N2O3S2. The molecule has 0 spiro atoms. The first-order valence-electron chi connectivity index (χ1n) is 7.10. The Morgan fingerprint density at radius 2 is 1.83 bits per heavy atom. The Morgan fingerprint density at radius 1 is 1.09 bits per heavy atom. The van der Waals surface area contributed by atoms with Crippen LogP contribution in [0, 0.1) is 0 Å². The number of rotatable bonds is 3. The smallest absolute Gasteiger partial charge is 0.292 e. The molecule has 0 N–H and O–H groups in total. The van der Waals surface area contributed by atoms with E-state index in [-0.39, 0.29) is 4.90 Å². The van der Waals surface area contributed by atoms with Crippen molar-refractivity contribution in [2.24, 2.45) is 0 Å². The minimum absolute atomic E-state index is 0.149. The molecule has 0 bridgehead atoms. The number of hydrogen-bond donors (Lipinski definition) is 0. The van der Waals surface area contributed by atoms with Gasteiger partial charge in [-0.25, -0.2) is 13.2 Å². The summed E-state index contributed by atoms with van der Waals surface area (Å²) in [5, 5.41) is 0. The van der Waals surface area contributed by atoms with Crippen LogP contribution in [0.1, 0.15) is 6.92 Å². The maximum atomic E-state index is 12.9. The minimum atomic E-state index is -3.92. The second-order valence-corrected chi connectivity index (χ2v) is 7.60. The van der Waals surface area contributed by atoms with E-state index in [0.717, 1.165) is 9.20 Å². The number of thioether (sulfide) groups is 1. The van der Waals surface area contributed by atoms with Gasteiger partial charge in [0.1, 0.15) is 4.90 Å². The van der Waals surface area contributed by atoms with Gasteiger partial charge in [0.15, 0.2) is 0 Å². The van der Waals surface area contributed by atoms with E-state index in [9.17, 15) is 13.2 Å². The zero-order valence-electron chi connectivity index (χ0n) is 12.8. The summed E-state index contributed by atoms with van der Waals surface area (Å²) in [5.74, 6) is 0. The van der Waals surface area contributed by atoms with Crippen molar-refractivity contribution >= 4 is 39.2 Å². The predicted octanol–water partition coefficient (Wildman–Crippen LogP) is 3.56. The van der Waals surface area contributed by atoms with E-state index in [1.54, 1.807) is 36.4 Å². The fraction of sp³-hybridized carbons (Fsp3) is 0.188. The van der Waals surface area contributed by atoms with Gasteiger partial charge in [0.25, 0.3) is 10.0 Å². The molecule has 1 heterocycles. The normalized spacial score (nSPS) is 16.3. The topological polar surface area (TPSA) is 57.7 Å². The lowest BCUT2D eigenvalue weighted by molar-refractivity contribution is 0.254. The van der Waals surface area contributed by atoms with Gasteiger partial charge >= 0.3 is 6.03 Å². The van der Waals surface area contributed by atoms with E-state index >= 15 is 0 Å². The molecule has 0 saturated carbocycles. The highest BCUT2D eigenvalue weighted by molar-refractivity contribution is 7.98. The third-order valence-electron chi connectivity index (χ3n) is 3.68. The van der Waals surface area contributed by atoms with Gasteiger partial charge in [0.2, 0.25) is 0 Å². The lowest BCUT2D eigenvalue weighted by Crippen LogP contribution is -2.51. The van der Waals surface area contributed by atoms with Gasteiger partial charge in [-0.2, -0.15) is 4.31 Å². The molecule has 1 aliphatic rings. The summed E-state index contributed by atoms with van der Waals surface area (Å²) in [6.45, 7) is 2.22. The summed E-state index contributed by atoms with van der Waals surface area (Å²) in [7, 11) is -3.92. The van der Waals surface area contributed by atoms with Crippen molar-refractivity contribution in [1.29, 1.82) is 0 Å². The number of nitrogens with zero attached hydrogens (tertiary/aromatic N) is 2. The van der Waals surface area contributed by atoms with Crippen LogP contribution in [0.5, 0.6) is 0 Å². The van der Waals surface area contributed by atoms with E-state index in [1.165, 1.54) is 22.7 Å². The van der Waals surface area contributed by atoms with Crippen LogP contribution in [0.25, 0.3) is 0 Å². The molecule has 3 rings (SSSR count). The van der Waals surface area contributed by atoms with E-state index in [0.29, 0.717) is 17.9 Å². The van der Waals surface area contributed by atoms with E-state index in [1.807, 2.05) is 19.2 Å². The second-order valence-electron chi connectivity index (χ2n) is 4.97. The Kier molecular flexibility index (Phi) is 4.08. The molecule has 0 saturated heterocycles. The number of fused-ring (bicyclic) bond motifs is 1. The van der Waals surface area contributed by atoms with Crippen LogP contribution in [0.2, 0.25) is 0 Å². The van der Waals surface area contributed by atoms with Gasteiger partial charge in [0, 0.05) is 11.4 Å². The van der Waals surface area contributed by atoms with Gasteiger partial charge in [-0.05, 0) is 43.5 Å². The van der Waals surface area contributed by atoms with E-state index in [2.05, 4.69) is 0 Å². The Balaban J connectivity index is 2.23. The lowest BCUT2D eigenvalue weighted by Gasteiger charge is -2.35. The van der Waals surface area contributed by atoms with E-state index in [4.69, 9.17) is 0 Å². The van der Waals surface area contributed by atoms with Crippen LogP contribution in [0.4, 0.5) is 16.2 Å². The first kappa shape index (κ1) is 15.9. The fourth-order valence-corrected chi connectivity index (χ4v) is 4.64. The summed E-state index contributed by atoms with van der Waals surface area (Å²) in [6, 6.07) is 13.0. The first-order valence-corrected chi connectivity index (χ1v) is 9.77. The quantitative estimate of drug-likeness (QED) is 0.796. The maximum absolute atomic E-state index is 12.9. The van der Waals surface area contributed by atoms with Crippen molar-refractivity contribution < 1.29 is 13.2 Å². The van der Waals surface area contributed by atoms with Gasteiger partial charge in [0.05, 0.1) is 11.4 Å². The number of urea groups is 1. The molecule has 23 heavy (non-hydrogen) atoms. The number of carbonyl (C=O) groups excluding carboxylic acids is 1. The van der Waals surface area contributed by atoms with Gasteiger partial charge in [-0.15, -0.1) is 11.8 Å². The van der Waals surface area contributed by atoms with Crippen molar-refractivity contribution in [3.63, 3.8) is 0 Å². The highest BCUT2D eigenvalue weighted by Gasteiger charge is 2.41. The van der Waals surface area contributed by atoms with Crippen LogP contribution < -0.4 is 9.21 Å². The molecule has 120 valence electrons. The second kappa shape index (κ2) is 5.90. The van der Waals surface area contributed by atoms with Crippen LogP contribution in [-0.4, -0.2) is 27.2 Å². The third kappa shape index (κ3) is 2.49. The summed E-state index contributed by atoms with van der Waals surface area (Å²) < 4.78 is 26.8. The van der Waals surface area contributed by atoms with E-state index < -0.39 is 16.1 Å². The standard InChI is InChI=1S/C16H16N2O3S2/c1-3-17-14-9-4-5-10-15(14)23(20,21)18(16(17)19)12-7-6-8-13(11-12)22-2/h4-11H,3H2,1-2H3. The molecule has 0 aromatic heterocycles. The number of carbonyl (C=O) groups is 1. The number of para-hydroxylation sites is 1. The Labute approximate surface area is 140 Å². The largest absolute Gasteiger partial charge is 0.343 e. The van der Waals surface area contributed by atoms with Gasteiger partial charge in [-0.3, -0.25) is 4.90 Å². The summed E-state index contributed by atoms with van der Waals surface area (Å²) in [4.78, 5) is 15.3. The highest BCUT2D eigenvalue weighted by atomic mass is 32.2. The lowest BCUT2D eigenvalue weighted by atomic mass is 10.3. The monoisotopic (exact) mass is 348 g/mol. The molecule has 1 aliphatic heterocycles. The molecule has 2 aromatic carbocycles. The van der Waals surface area contributed by atoms with Crippen molar-refractivity contribution in [2.45, 2.75) is 16.7 Å². The number of amides is 2. The van der Waals surface area contributed by atoms with Crippen molar-refractivity contribution in [3.05, 3.63) is 48.5 Å². The molecule has 2 amide bonds. The molecule has 2 aromatic rings. The molecule has 5 nitrogen and oxygen atoms in total. The minimum Gasteiger partial charge on any atom is -0.292 e. The predicted molar refractivity (Wildman–Crippen MR) is 92.7 cm³/mol. The third-order valence-corrected chi connectivity index (χ3v) is 6.16. The van der Waals surface area contributed by atoms with Gasteiger partial charge in [-0.1, -0.05) is 18.2 Å². The zero-order chi connectivity index (χ0) is 16.6. The molecule has 7 heteroatoms. The number of hydrogen-bond acceptors (Lipinski definition) is 4. The van der Waals surface area contributed by atoms with Crippen LogP contribution in [0.3, 0.4) is 0 Å². The Morgan fingerprint density at radius 3 is 2.52 bits per heavy atom. The Bertz CT molecular complexity index is 865. The molecule has 0 radical (unpaired) electrons. The molecule has 0 aliphatic carbocycles. The maximum Gasteiger partial charge on any atom is 0.343 e. The molecule has 0 unspecified atom stereocenters. The SMILES string of the molecule is CCN1C(=O)N(c2cccc(SC)c2)S(=O)(=O)c2ccccc21. The van der Waals surface area contributed by atoms with Gasteiger partial charge < -0.3 is 0 Å². The highest BCUT2D eigenvalue weighted by Crippen LogP contribution is 2.37. The van der Waals surface area contributed by atoms with Crippen molar-refractivity contribution in [3.8, 4) is 0 Å². The summed E-state index contributed by atoms with van der Waals surface area (Å²) in [6.07, 6.45) is 1.90. The number of sulfonamides is 1. The van der Waals surface area contributed by atoms with Crippen molar-refractivity contribution in [1.82, 2.24) is 0 Å². The number of anilines is 2. The number of benzene rings is 2. The summed E-state index contributed by atoms with van der Waals surface area (Å²) in [5.41, 5.74) is 0.784. The molecular weight excluding hydrogens is 332 g/mol. The van der Waals surface area contributed by atoms with Crippen LogP contribution in [0.15, 0.2) is 58.3 Å². The van der Waals surface area contributed by atoms with Crippen LogP contribution >= 0.6 is 11.8 Å². The summed E-state index contributed by atoms with van der Waals surface area (Å²) >= 11 is 1.49. The van der Waals surface area contributed by atoms with Crippen LogP contribution in [-0.2, 0) is 10.0 Å². The zero-order valence-corrected chi connectivity index (χ0v) is 14.4. The molecule has 0 atom stereocenters. The van der Waals surface area contributed by atoms with Crippen molar-refractivity contribution in [2.75, 3.05) is 22.0 Å². The molecule has 0 fully saturated rings. The average molecular weight is 348 g/mol. The fourth-order valence-electron chi connectivity index (χ4n) is 2.60. The average Bonchev–Trinajstić information content (AvgIpc) is 2.55. The Hall–Kier alpha value is -1.99. The first-order chi connectivity index (χ1) is 11.0.